The van der Waals surface area contributed by atoms with Crippen LogP contribution in [0.3, 0.4) is 0 Å². The van der Waals surface area contributed by atoms with Gasteiger partial charge in [-0.1, -0.05) is 19.1 Å². The van der Waals surface area contributed by atoms with Crippen LogP contribution in [0.15, 0.2) is 35.7 Å². The fourth-order valence-corrected chi connectivity index (χ4v) is 3.95. The van der Waals surface area contributed by atoms with Gasteiger partial charge in [-0.15, -0.1) is 11.3 Å². The summed E-state index contributed by atoms with van der Waals surface area (Å²) in [6, 6.07) is 9.61. The molecule has 3 rings (SSSR count). The molecule has 1 aliphatic rings. The van der Waals surface area contributed by atoms with Crippen molar-refractivity contribution < 1.29 is 9.90 Å². The Morgan fingerprint density at radius 3 is 2.83 bits per heavy atom. The van der Waals surface area contributed by atoms with Crippen molar-refractivity contribution in [3.05, 3.63) is 46.3 Å². The molecule has 1 atom stereocenters. The lowest BCUT2D eigenvalue weighted by Gasteiger charge is -2.36. The van der Waals surface area contributed by atoms with Crippen LogP contribution >= 0.6 is 11.3 Å². The molecule has 2 N–H and O–H groups in total. The minimum Gasteiger partial charge on any atom is -0.477 e. The van der Waals surface area contributed by atoms with Crippen molar-refractivity contribution in [3.8, 4) is 0 Å². The van der Waals surface area contributed by atoms with E-state index in [-0.39, 0.29) is 5.69 Å². The smallest absolute Gasteiger partial charge is 0.354 e. The number of hydrogen-bond acceptors (Lipinski definition) is 5. The number of pyridine rings is 1. The highest BCUT2D eigenvalue weighted by molar-refractivity contribution is 7.10. The zero-order valence-electron chi connectivity index (χ0n) is 13.8. The number of thiophene rings is 1. The highest BCUT2D eigenvalue weighted by atomic mass is 32.1. The van der Waals surface area contributed by atoms with E-state index < -0.39 is 5.97 Å². The van der Waals surface area contributed by atoms with E-state index >= 15 is 0 Å². The van der Waals surface area contributed by atoms with Gasteiger partial charge in [-0.2, -0.15) is 0 Å². The summed E-state index contributed by atoms with van der Waals surface area (Å²) in [5.41, 5.74) is 0.0690. The van der Waals surface area contributed by atoms with Crippen molar-refractivity contribution in [2.24, 2.45) is 5.92 Å². The summed E-state index contributed by atoms with van der Waals surface area (Å²) in [4.78, 5) is 19.1. The minimum absolute atomic E-state index is 0.0690. The van der Waals surface area contributed by atoms with Crippen molar-refractivity contribution >= 4 is 23.1 Å². The van der Waals surface area contributed by atoms with Crippen molar-refractivity contribution in [2.45, 2.75) is 25.8 Å². The van der Waals surface area contributed by atoms with Crippen molar-refractivity contribution in [3.63, 3.8) is 0 Å². The molecular weight excluding hydrogens is 322 g/mol. The standard InChI is InChI=1S/C18H23N3O2S/c1-13-7-9-21(10-8-13)15(16-5-3-11-24-16)12-19-17-6-2-4-14(20-17)18(22)23/h2-6,11,13,15H,7-10,12H2,1H3,(H,19,20)(H,22,23). The number of nitrogens with one attached hydrogen (secondary N) is 1. The van der Waals surface area contributed by atoms with Crippen LogP contribution in [-0.2, 0) is 0 Å². The topological polar surface area (TPSA) is 65.5 Å². The number of piperidine rings is 1. The number of aromatic carboxylic acids is 1. The largest absolute Gasteiger partial charge is 0.477 e. The summed E-state index contributed by atoms with van der Waals surface area (Å²) in [7, 11) is 0. The van der Waals surface area contributed by atoms with E-state index in [1.165, 1.54) is 23.8 Å². The zero-order valence-corrected chi connectivity index (χ0v) is 14.6. The van der Waals surface area contributed by atoms with E-state index in [1.807, 2.05) is 6.07 Å². The van der Waals surface area contributed by atoms with Gasteiger partial charge in [-0.25, -0.2) is 9.78 Å². The molecule has 3 heterocycles. The van der Waals surface area contributed by atoms with Gasteiger partial charge >= 0.3 is 5.97 Å². The molecule has 0 spiro atoms. The van der Waals surface area contributed by atoms with Crippen LogP contribution in [0.25, 0.3) is 0 Å². The predicted octanol–water partition coefficient (Wildman–Crippen LogP) is 3.73. The Balaban J connectivity index is 1.70. The van der Waals surface area contributed by atoms with Crippen LogP contribution in [0, 0.1) is 5.92 Å². The van der Waals surface area contributed by atoms with E-state index in [2.05, 4.69) is 39.6 Å². The normalized spacial score (nSPS) is 17.5. The average molecular weight is 345 g/mol. The molecule has 0 amide bonds. The predicted molar refractivity (Wildman–Crippen MR) is 96.7 cm³/mol. The Morgan fingerprint density at radius 1 is 1.38 bits per heavy atom. The summed E-state index contributed by atoms with van der Waals surface area (Å²) in [5, 5.41) is 14.5. The SMILES string of the molecule is CC1CCN(C(CNc2cccc(C(=O)O)n2)c2cccs2)CC1. The first-order chi connectivity index (χ1) is 11.6. The van der Waals surface area contributed by atoms with Gasteiger partial charge in [0.15, 0.2) is 5.69 Å². The van der Waals surface area contributed by atoms with Crippen LogP contribution in [0.5, 0.6) is 0 Å². The number of carboxylic acid groups (broad SMARTS) is 1. The van der Waals surface area contributed by atoms with E-state index in [0.717, 1.165) is 25.6 Å². The minimum atomic E-state index is -1.00. The molecule has 0 radical (unpaired) electrons. The average Bonchev–Trinajstić information content (AvgIpc) is 3.11. The lowest BCUT2D eigenvalue weighted by Crippen LogP contribution is -2.38. The number of rotatable bonds is 6. The number of carboxylic acids is 1. The molecule has 0 aliphatic carbocycles. The second-order valence-electron chi connectivity index (χ2n) is 6.34. The third kappa shape index (κ3) is 4.13. The first kappa shape index (κ1) is 16.9. The molecule has 24 heavy (non-hydrogen) atoms. The van der Waals surface area contributed by atoms with Gasteiger partial charge in [-0.05, 0) is 55.4 Å². The van der Waals surface area contributed by atoms with Gasteiger partial charge < -0.3 is 10.4 Å². The van der Waals surface area contributed by atoms with Gasteiger partial charge in [0.25, 0.3) is 0 Å². The number of nitrogens with zero attached hydrogens (tertiary/aromatic N) is 2. The Hall–Kier alpha value is -1.92. The van der Waals surface area contributed by atoms with E-state index in [1.54, 1.807) is 17.4 Å². The number of anilines is 1. The Kier molecular flexibility index (Phi) is 5.48. The maximum absolute atomic E-state index is 11.1. The molecule has 128 valence electrons. The van der Waals surface area contributed by atoms with Gasteiger partial charge in [-0.3, -0.25) is 4.90 Å². The highest BCUT2D eigenvalue weighted by Gasteiger charge is 2.25. The number of hydrogen-bond donors (Lipinski definition) is 2. The van der Waals surface area contributed by atoms with Crippen LogP contribution < -0.4 is 5.32 Å². The fraction of sp³-hybridized carbons (Fsp3) is 0.444. The molecule has 1 fully saturated rings. The summed E-state index contributed by atoms with van der Waals surface area (Å²) < 4.78 is 0. The Labute approximate surface area is 146 Å². The van der Waals surface area contributed by atoms with Crippen LogP contribution in [0.1, 0.15) is 41.2 Å². The first-order valence-electron chi connectivity index (χ1n) is 8.35. The molecule has 6 heteroatoms. The second kappa shape index (κ2) is 7.77. The van der Waals surface area contributed by atoms with E-state index in [4.69, 9.17) is 5.11 Å². The molecule has 1 saturated heterocycles. The van der Waals surface area contributed by atoms with Gasteiger partial charge in [0.05, 0.1) is 6.04 Å². The lowest BCUT2D eigenvalue weighted by atomic mass is 9.97. The monoisotopic (exact) mass is 345 g/mol. The summed E-state index contributed by atoms with van der Waals surface area (Å²) in [6.45, 7) is 5.25. The second-order valence-corrected chi connectivity index (χ2v) is 7.32. The van der Waals surface area contributed by atoms with Crippen LogP contribution in [0.2, 0.25) is 0 Å². The third-order valence-corrected chi connectivity index (χ3v) is 5.55. The molecule has 1 aliphatic heterocycles. The molecule has 2 aromatic rings. The summed E-state index contributed by atoms with van der Waals surface area (Å²) in [5.74, 6) is 0.410. The van der Waals surface area contributed by atoms with Crippen molar-refractivity contribution in [1.82, 2.24) is 9.88 Å². The van der Waals surface area contributed by atoms with E-state index in [0.29, 0.717) is 11.9 Å². The third-order valence-electron chi connectivity index (χ3n) is 4.58. The molecule has 0 bridgehead atoms. The maximum atomic E-state index is 11.1. The number of aromatic nitrogens is 1. The maximum Gasteiger partial charge on any atom is 0.354 e. The van der Waals surface area contributed by atoms with Gasteiger partial charge in [0.2, 0.25) is 0 Å². The zero-order chi connectivity index (χ0) is 16.9. The molecule has 2 aromatic heterocycles. The van der Waals surface area contributed by atoms with Crippen LogP contribution in [0.4, 0.5) is 5.82 Å². The Morgan fingerprint density at radius 2 is 2.17 bits per heavy atom. The molecule has 0 aromatic carbocycles. The number of carbonyl (C=O) groups is 1. The number of likely N-dealkylation sites (tertiary alicyclic amines) is 1. The van der Waals surface area contributed by atoms with Crippen LogP contribution in [-0.4, -0.2) is 40.6 Å². The quantitative estimate of drug-likeness (QED) is 0.835. The molecular formula is C18H23N3O2S. The summed E-state index contributed by atoms with van der Waals surface area (Å²) in [6.07, 6.45) is 2.46. The molecule has 1 unspecified atom stereocenters. The van der Waals surface area contributed by atoms with Crippen molar-refractivity contribution in [1.29, 1.82) is 0 Å². The highest BCUT2D eigenvalue weighted by Crippen LogP contribution is 2.29. The molecule has 0 saturated carbocycles. The van der Waals surface area contributed by atoms with E-state index in [9.17, 15) is 4.79 Å². The first-order valence-corrected chi connectivity index (χ1v) is 9.23. The lowest BCUT2D eigenvalue weighted by molar-refractivity contribution is 0.0690. The summed E-state index contributed by atoms with van der Waals surface area (Å²) >= 11 is 1.77. The fourth-order valence-electron chi connectivity index (χ4n) is 3.08. The Bertz CT molecular complexity index is 667. The van der Waals surface area contributed by atoms with Gasteiger partial charge in [0.1, 0.15) is 5.82 Å². The van der Waals surface area contributed by atoms with Gasteiger partial charge in [0, 0.05) is 11.4 Å². The van der Waals surface area contributed by atoms with Crippen molar-refractivity contribution in [2.75, 3.05) is 25.0 Å². The molecule has 5 nitrogen and oxygen atoms in total.